The lowest BCUT2D eigenvalue weighted by atomic mass is 9.96. The Kier molecular flexibility index (Phi) is 7.13. The fourth-order valence-corrected chi connectivity index (χ4v) is 5.34. The van der Waals surface area contributed by atoms with E-state index in [-0.39, 0.29) is 17.7 Å². The van der Waals surface area contributed by atoms with Crippen LogP contribution in [0.2, 0.25) is 0 Å². The van der Waals surface area contributed by atoms with E-state index in [2.05, 4.69) is 20.9 Å². The second-order valence-corrected chi connectivity index (χ2v) is 9.34. The van der Waals surface area contributed by atoms with Crippen molar-refractivity contribution < 1.29 is 18.7 Å². The van der Waals surface area contributed by atoms with Crippen LogP contribution in [0.15, 0.2) is 68.0 Å². The number of rotatable bonds is 6. The van der Waals surface area contributed by atoms with Crippen LogP contribution in [0.5, 0.6) is 5.75 Å². The first-order valence-electron chi connectivity index (χ1n) is 10.7. The fourth-order valence-electron chi connectivity index (χ4n) is 3.78. The van der Waals surface area contributed by atoms with E-state index in [4.69, 9.17) is 9.47 Å². The highest BCUT2D eigenvalue weighted by molar-refractivity contribution is 9.10. The summed E-state index contributed by atoms with van der Waals surface area (Å²) in [5, 5.41) is 0. The molecule has 9 heteroatoms. The lowest BCUT2D eigenvalue weighted by molar-refractivity contribution is -0.139. The highest BCUT2D eigenvalue weighted by atomic mass is 79.9. The highest BCUT2D eigenvalue weighted by Crippen LogP contribution is 2.31. The average molecular weight is 545 g/mol. The van der Waals surface area contributed by atoms with Crippen molar-refractivity contribution in [1.29, 1.82) is 0 Å². The van der Waals surface area contributed by atoms with Crippen molar-refractivity contribution in [1.82, 2.24) is 4.57 Å². The summed E-state index contributed by atoms with van der Waals surface area (Å²) >= 11 is 4.73. The van der Waals surface area contributed by atoms with Crippen molar-refractivity contribution in [3.05, 3.63) is 94.8 Å². The van der Waals surface area contributed by atoms with Gasteiger partial charge in [0.1, 0.15) is 11.6 Å². The van der Waals surface area contributed by atoms with E-state index in [0.29, 0.717) is 33.0 Å². The molecule has 0 N–H and O–H groups in total. The molecule has 0 saturated heterocycles. The summed E-state index contributed by atoms with van der Waals surface area (Å²) in [4.78, 5) is 31.4. The topological polar surface area (TPSA) is 69.9 Å². The Bertz CT molecular complexity index is 1460. The molecule has 6 nitrogen and oxygen atoms in total. The van der Waals surface area contributed by atoms with Gasteiger partial charge in [-0.25, -0.2) is 14.2 Å². The van der Waals surface area contributed by atoms with Crippen molar-refractivity contribution in [3.8, 4) is 5.75 Å². The zero-order valence-electron chi connectivity index (χ0n) is 18.8. The Morgan fingerprint density at radius 1 is 1.21 bits per heavy atom. The van der Waals surface area contributed by atoms with E-state index in [1.54, 1.807) is 32.1 Å². The Hall–Kier alpha value is -3.04. The van der Waals surface area contributed by atoms with Gasteiger partial charge in [-0.1, -0.05) is 29.5 Å². The third-order valence-electron chi connectivity index (χ3n) is 5.26. The molecule has 1 aliphatic rings. The smallest absolute Gasteiger partial charge is 0.338 e. The summed E-state index contributed by atoms with van der Waals surface area (Å²) in [5.41, 5.74) is 1.83. The molecule has 4 rings (SSSR count). The number of nitrogens with zero attached hydrogens (tertiary/aromatic N) is 2. The van der Waals surface area contributed by atoms with Crippen LogP contribution in [0.3, 0.4) is 0 Å². The largest absolute Gasteiger partial charge is 0.493 e. The molecular weight excluding hydrogens is 523 g/mol. The Balaban J connectivity index is 1.89. The van der Waals surface area contributed by atoms with Crippen molar-refractivity contribution in [2.75, 3.05) is 13.2 Å². The van der Waals surface area contributed by atoms with Crippen LogP contribution in [0.1, 0.15) is 37.9 Å². The standard InChI is InChI=1S/C25H22BrFN2O4S/c1-4-32-19-11-6-15(12-18(19)26)13-20-23(30)29-22(16-7-9-17(27)10-8-16)21(24(31)33-5-2)14(3)28-25(29)34-20/h6-13,22H,4-5H2,1-3H3/b20-13-/t22-/m1/s1. The third kappa shape index (κ3) is 4.63. The van der Waals surface area contributed by atoms with Crippen molar-refractivity contribution in [2.45, 2.75) is 26.8 Å². The number of carbonyl (C=O) groups is 1. The molecule has 3 aromatic rings. The summed E-state index contributed by atoms with van der Waals surface area (Å²) in [6.07, 6.45) is 1.77. The average Bonchev–Trinajstić information content (AvgIpc) is 3.10. The van der Waals surface area contributed by atoms with Gasteiger partial charge < -0.3 is 9.47 Å². The molecule has 0 fully saturated rings. The molecule has 0 amide bonds. The Labute approximate surface area is 207 Å². The lowest BCUT2D eigenvalue weighted by Crippen LogP contribution is -2.39. The zero-order valence-corrected chi connectivity index (χ0v) is 21.2. The van der Waals surface area contributed by atoms with Gasteiger partial charge in [0.05, 0.1) is 39.5 Å². The maximum Gasteiger partial charge on any atom is 0.338 e. The van der Waals surface area contributed by atoms with Gasteiger partial charge in [-0.3, -0.25) is 9.36 Å². The minimum absolute atomic E-state index is 0.183. The molecule has 0 saturated carbocycles. The van der Waals surface area contributed by atoms with E-state index in [0.717, 1.165) is 10.0 Å². The van der Waals surface area contributed by atoms with E-state index in [9.17, 15) is 14.0 Å². The number of aromatic nitrogens is 1. The van der Waals surface area contributed by atoms with Crippen LogP contribution in [0.25, 0.3) is 6.08 Å². The summed E-state index contributed by atoms with van der Waals surface area (Å²) in [7, 11) is 0. The number of hydrogen-bond donors (Lipinski definition) is 0. The second-order valence-electron chi connectivity index (χ2n) is 7.48. The number of hydrogen-bond acceptors (Lipinski definition) is 6. The van der Waals surface area contributed by atoms with Gasteiger partial charge in [-0.15, -0.1) is 0 Å². The zero-order chi connectivity index (χ0) is 24.4. The molecule has 1 atom stereocenters. The number of halogens is 2. The highest BCUT2D eigenvalue weighted by Gasteiger charge is 2.33. The molecule has 176 valence electrons. The molecular formula is C25H22BrFN2O4S. The van der Waals surface area contributed by atoms with Crippen LogP contribution in [0.4, 0.5) is 4.39 Å². The van der Waals surface area contributed by atoms with E-state index >= 15 is 0 Å². The van der Waals surface area contributed by atoms with Gasteiger partial charge >= 0.3 is 5.97 Å². The Morgan fingerprint density at radius 3 is 2.59 bits per heavy atom. The molecule has 1 aliphatic heterocycles. The molecule has 0 radical (unpaired) electrons. The number of ether oxygens (including phenoxy) is 2. The normalized spacial score (nSPS) is 15.7. The van der Waals surface area contributed by atoms with Crippen molar-refractivity contribution in [2.24, 2.45) is 4.99 Å². The minimum atomic E-state index is -0.773. The van der Waals surface area contributed by atoms with E-state index in [1.165, 1.54) is 28.0 Å². The maximum absolute atomic E-state index is 13.6. The van der Waals surface area contributed by atoms with E-state index < -0.39 is 17.8 Å². The quantitative estimate of drug-likeness (QED) is 0.438. The van der Waals surface area contributed by atoms with Crippen LogP contribution in [-0.4, -0.2) is 23.8 Å². The van der Waals surface area contributed by atoms with Crippen LogP contribution in [0, 0.1) is 5.82 Å². The lowest BCUT2D eigenvalue weighted by Gasteiger charge is -2.24. The van der Waals surface area contributed by atoms with Crippen LogP contribution < -0.4 is 19.6 Å². The first-order chi connectivity index (χ1) is 16.3. The van der Waals surface area contributed by atoms with Gasteiger partial charge in [0.15, 0.2) is 4.80 Å². The van der Waals surface area contributed by atoms with Crippen molar-refractivity contribution in [3.63, 3.8) is 0 Å². The minimum Gasteiger partial charge on any atom is -0.493 e. The molecule has 0 aliphatic carbocycles. The monoisotopic (exact) mass is 544 g/mol. The molecule has 0 bridgehead atoms. The summed E-state index contributed by atoms with van der Waals surface area (Å²) in [6, 6.07) is 10.5. The predicted octanol–water partition coefficient (Wildman–Crippen LogP) is 4.10. The fraction of sp³-hybridized carbons (Fsp3) is 0.240. The first-order valence-corrected chi connectivity index (χ1v) is 12.3. The van der Waals surface area contributed by atoms with Gasteiger partial charge in [-0.2, -0.15) is 0 Å². The molecule has 2 heterocycles. The SMILES string of the molecule is CCOC(=O)C1=C(C)N=c2s/c(=C\c3ccc(OCC)c(Br)c3)c(=O)n2[C@@H]1c1ccc(F)cc1. The molecule has 34 heavy (non-hydrogen) atoms. The first kappa shape index (κ1) is 24.1. The van der Waals surface area contributed by atoms with E-state index in [1.807, 2.05) is 25.1 Å². The number of allylic oxidation sites excluding steroid dienone is 1. The van der Waals surface area contributed by atoms with Gasteiger partial charge in [0, 0.05) is 0 Å². The summed E-state index contributed by atoms with van der Waals surface area (Å²) < 4.78 is 27.2. The second kappa shape index (κ2) is 10.1. The third-order valence-corrected chi connectivity index (χ3v) is 6.86. The predicted molar refractivity (Wildman–Crippen MR) is 132 cm³/mol. The van der Waals surface area contributed by atoms with Gasteiger partial charge in [-0.05, 0) is 78.2 Å². The number of esters is 1. The van der Waals surface area contributed by atoms with Crippen LogP contribution >= 0.6 is 27.3 Å². The molecule has 0 spiro atoms. The Morgan fingerprint density at radius 2 is 1.94 bits per heavy atom. The number of carbonyl (C=O) groups excluding carboxylic acids is 1. The van der Waals surface area contributed by atoms with Crippen LogP contribution in [-0.2, 0) is 9.53 Å². The molecule has 2 aromatic carbocycles. The molecule has 0 unspecified atom stereocenters. The summed E-state index contributed by atoms with van der Waals surface area (Å²) in [5.74, 6) is -0.245. The number of thiazole rings is 1. The van der Waals surface area contributed by atoms with Gasteiger partial charge in [0.25, 0.3) is 5.56 Å². The summed E-state index contributed by atoms with van der Waals surface area (Å²) in [6.45, 7) is 6.06. The van der Waals surface area contributed by atoms with Gasteiger partial charge in [0.2, 0.25) is 0 Å². The number of fused-ring (bicyclic) bond motifs is 1. The van der Waals surface area contributed by atoms with Crippen molar-refractivity contribution >= 4 is 39.3 Å². The number of benzene rings is 2. The maximum atomic E-state index is 13.6. The molecule has 1 aromatic heterocycles.